The largest absolute Gasteiger partial charge is 0.483 e. The highest BCUT2D eigenvalue weighted by atomic mass is 19.1. The Kier molecular flexibility index (Phi) is 5.06. The number of hydrogen-bond donors (Lipinski definition) is 1. The van der Waals surface area contributed by atoms with Crippen molar-refractivity contribution < 1.29 is 13.7 Å². The van der Waals surface area contributed by atoms with Gasteiger partial charge in [-0.1, -0.05) is 19.0 Å². The van der Waals surface area contributed by atoms with E-state index in [4.69, 9.17) is 9.26 Å². The lowest BCUT2D eigenvalue weighted by molar-refractivity contribution is 0.240. The highest BCUT2D eigenvalue weighted by Gasteiger charge is 2.09. The van der Waals surface area contributed by atoms with Crippen LogP contribution >= 0.6 is 0 Å². The van der Waals surface area contributed by atoms with Gasteiger partial charge in [0.05, 0.1) is 0 Å². The molecule has 0 saturated heterocycles. The fraction of sp³-hybridized carbons (Fsp3) is 0.429. The van der Waals surface area contributed by atoms with Crippen molar-refractivity contribution in [3.8, 4) is 5.75 Å². The summed E-state index contributed by atoms with van der Waals surface area (Å²) in [5, 5.41) is 6.94. The molecule has 0 atom stereocenters. The van der Waals surface area contributed by atoms with Gasteiger partial charge in [-0.3, -0.25) is 0 Å². The average molecular weight is 279 g/mol. The van der Waals surface area contributed by atoms with Gasteiger partial charge < -0.3 is 14.6 Å². The standard InChI is InChI=1S/C14H18FN3O2/c1-3-13-17-14(20-18-13)9-19-12-6-5-11(15)7-10(12)8-16-4-2/h5-7,16H,3-4,8-9H2,1-2H3. The van der Waals surface area contributed by atoms with Crippen LogP contribution in [0.1, 0.15) is 31.1 Å². The summed E-state index contributed by atoms with van der Waals surface area (Å²) in [5.74, 6) is 1.40. The third-order valence-electron chi connectivity index (χ3n) is 2.77. The van der Waals surface area contributed by atoms with Crippen molar-refractivity contribution in [2.45, 2.75) is 33.4 Å². The molecule has 0 spiro atoms. The molecule has 20 heavy (non-hydrogen) atoms. The van der Waals surface area contributed by atoms with Crippen LogP contribution in [-0.2, 0) is 19.6 Å². The Morgan fingerprint density at radius 2 is 2.20 bits per heavy atom. The molecule has 0 fully saturated rings. The molecule has 0 bridgehead atoms. The van der Waals surface area contributed by atoms with Crippen LogP contribution in [-0.4, -0.2) is 16.7 Å². The first-order valence-corrected chi connectivity index (χ1v) is 6.66. The van der Waals surface area contributed by atoms with Gasteiger partial charge in [0, 0.05) is 18.5 Å². The minimum atomic E-state index is -0.281. The zero-order valence-corrected chi connectivity index (χ0v) is 11.6. The van der Waals surface area contributed by atoms with Crippen molar-refractivity contribution in [1.29, 1.82) is 0 Å². The van der Waals surface area contributed by atoms with Crippen LogP contribution in [0.3, 0.4) is 0 Å². The second-order valence-corrected chi connectivity index (χ2v) is 4.28. The molecule has 1 heterocycles. The zero-order valence-electron chi connectivity index (χ0n) is 11.6. The van der Waals surface area contributed by atoms with Crippen molar-refractivity contribution in [1.82, 2.24) is 15.5 Å². The molecule has 0 radical (unpaired) electrons. The number of aromatic nitrogens is 2. The summed E-state index contributed by atoms with van der Waals surface area (Å²) in [6, 6.07) is 4.44. The molecule has 2 aromatic rings. The highest BCUT2D eigenvalue weighted by molar-refractivity contribution is 5.33. The molecule has 0 amide bonds. The molecule has 0 aliphatic rings. The van der Waals surface area contributed by atoms with E-state index in [1.165, 1.54) is 12.1 Å². The predicted octanol–water partition coefficient (Wildman–Crippen LogP) is 2.46. The Labute approximate surface area is 117 Å². The topological polar surface area (TPSA) is 60.2 Å². The third-order valence-corrected chi connectivity index (χ3v) is 2.77. The second-order valence-electron chi connectivity index (χ2n) is 4.28. The normalized spacial score (nSPS) is 10.8. The van der Waals surface area contributed by atoms with E-state index in [-0.39, 0.29) is 12.4 Å². The summed E-state index contributed by atoms with van der Waals surface area (Å²) in [6.45, 7) is 5.47. The molecule has 0 saturated carbocycles. The van der Waals surface area contributed by atoms with E-state index >= 15 is 0 Å². The van der Waals surface area contributed by atoms with Crippen LogP contribution in [0.25, 0.3) is 0 Å². The quantitative estimate of drug-likeness (QED) is 0.843. The summed E-state index contributed by atoms with van der Waals surface area (Å²) in [6.07, 6.45) is 0.714. The third kappa shape index (κ3) is 3.77. The van der Waals surface area contributed by atoms with Crippen molar-refractivity contribution in [2.24, 2.45) is 0 Å². The van der Waals surface area contributed by atoms with Crippen molar-refractivity contribution in [2.75, 3.05) is 6.54 Å². The lowest BCUT2D eigenvalue weighted by atomic mass is 10.2. The monoisotopic (exact) mass is 279 g/mol. The summed E-state index contributed by atoms with van der Waals surface area (Å²) in [5.41, 5.74) is 0.766. The lowest BCUT2D eigenvalue weighted by Gasteiger charge is -2.10. The fourth-order valence-electron chi connectivity index (χ4n) is 1.72. The summed E-state index contributed by atoms with van der Waals surface area (Å²) in [4.78, 5) is 4.16. The maximum atomic E-state index is 13.3. The van der Waals surface area contributed by atoms with Crippen LogP contribution < -0.4 is 10.1 Å². The first-order chi connectivity index (χ1) is 9.72. The summed E-state index contributed by atoms with van der Waals surface area (Å²) in [7, 11) is 0. The number of ether oxygens (including phenoxy) is 1. The fourth-order valence-corrected chi connectivity index (χ4v) is 1.72. The van der Waals surface area contributed by atoms with Gasteiger partial charge in [0.15, 0.2) is 12.4 Å². The summed E-state index contributed by atoms with van der Waals surface area (Å²) >= 11 is 0. The highest BCUT2D eigenvalue weighted by Crippen LogP contribution is 2.20. The smallest absolute Gasteiger partial charge is 0.264 e. The lowest BCUT2D eigenvalue weighted by Crippen LogP contribution is -2.13. The Bertz CT molecular complexity index is 557. The first-order valence-electron chi connectivity index (χ1n) is 6.66. The van der Waals surface area contributed by atoms with Gasteiger partial charge in [0.1, 0.15) is 11.6 Å². The molecular weight excluding hydrogens is 261 g/mol. The van der Waals surface area contributed by atoms with Gasteiger partial charge in [-0.15, -0.1) is 0 Å². The van der Waals surface area contributed by atoms with Gasteiger partial charge in [-0.2, -0.15) is 4.98 Å². The van der Waals surface area contributed by atoms with Gasteiger partial charge in [0.2, 0.25) is 0 Å². The molecule has 5 nitrogen and oxygen atoms in total. The number of halogens is 1. The van der Waals surface area contributed by atoms with Crippen LogP contribution in [0.5, 0.6) is 5.75 Å². The minimum absolute atomic E-state index is 0.178. The SMILES string of the molecule is CCNCc1cc(F)ccc1OCc1nc(CC)no1. The number of hydrogen-bond acceptors (Lipinski definition) is 5. The van der Waals surface area contributed by atoms with E-state index in [9.17, 15) is 4.39 Å². The number of benzene rings is 1. The number of nitrogens with one attached hydrogen (secondary N) is 1. The number of aryl methyl sites for hydroxylation is 1. The van der Waals surface area contributed by atoms with E-state index in [0.29, 0.717) is 30.4 Å². The Hall–Kier alpha value is -1.95. The van der Waals surface area contributed by atoms with Crippen LogP contribution in [0.15, 0.2) is 22.7 Å². The van der Waals surface area contributed by atoms with E-state index in [2.05, 4.69) is 15.5 Å². The van der Waals surface area contributed by atoms with Gasteiger partial charge in [-0.25, -0.2) is 4.39 Å². The Balaban J connectivity index is 2.04. The van der Waals surface area contributed by atoms with Crippen LogP contribution in [0.4, 0.5) is 4.39 Å². The molecule has 108 valence electrons. The predicted molar refractivity (Wildman–Crippen MR) is 71.8 cm³/mol. The molecule has 1 N–H and O–H groups in total. The van der Waals surface area contributed by atoms with E-state index < -0.39 is 0 Å². The molecule has 2 rings (SSSR count). The molecule has 1 aromatic carbocycles. The van der Waals surface area contributed by atoms with Crippen LogP contribution in [0, 0.1) is 5.82 Å². The molecular formula is C14H18FN3O2. The van der Waals surface area contributed by atoms with Crippen molar-refractivity contribution >= 4 is 0 Å². The van der Waals surface area contributed by atoms with Gasteiger partial charge in [0.25, 0.3) is 5.89 Å². The maximum Gasteiger partial charge on any atom is 0.264 e. The van der Waals surface area contributed by atoms with E-state index in [1.807, 2.05) is 13.8 Å². The molecule has 0 unspecified atom stereocenters. The molecule has 1 aromatic heterocycles. The van der Waals surface area contributed by atoms with Crippen LogP contribution in [0.2, 0.25) is 0 Å². The molecule has 0 aliphatic heterocycles. The molecule has 0 aliphatic carbocycles. The summed E-state index contributed by atoms with van der Waals surface area (Å²) < 4.78 is 23.9. The zero-order chi connectivity index (χ0) is 14.4. The second kappa shape index (κ2) is 7.00. The number of nitrogens with zero attached hydrogens (tertiary/aromatic N) is 2. The number of rotatable bonds is 7. The van der Waals surface area contributed by atoms with E-state index in [1.54, 1.807) is 6.07 Å². The first kappa shape index (κ1) is 14.5. The minimum Gasteiger partial charge on any atom is -0.483 e. The molecule has 6 heteroatoms. The maximum absolute atomic E-state index is 13.3. The Morgan fingerprint density at radius 1 is 1.35 bits per heavy atom. The van der Waals surface area contributed by atoms with Crippen molar-refractivity contribution in [3.63, 3.8) is 0 Å². The average Bonchev–Trinajstić information content (AvgIpc) is 2.92. The van der Waals surface area contributed by atoms with Crippen molar-refractivity contribution in [3.05, 3.63) is 41.3 Å². The Morgan fingerprint density at radius 3 is 2.90 bits per heavy atom. The van der Waals surface area contributed by atoms with Gasteiger partial charge in [-0.05, 0) is 24.7 Å². The van der Waals surface area contributed by atoms with E-state index in [0.717, 1.165) is 12.1 Å². The van der Waals surface area contributed by atoms with Gasteiger partial charge >= 0.3 is 0 Å².